The molecule has 0 aromatic heterocycles. The van der Waals surface area contributed by atoms with E-state index in [1.54, 1.807) is 13.8 Å². The van der Waals surface area contributed by atoms with Gasteiger partial charge in [0.1, 0.15) is 0 Å². The zero-order valence-electron chi connectivity index (χ0n) is 11.6. The molecule has 0 heterocycles. The van der Waals surface area contributed by atoms with Crippen molar-refractivity contribution < 1.29 is 9.59 Å². The first-order chi connectivity index (χ1) is 9.04. The summed E-state index contributed by atoms with van der Waals surface area (Å²) in [6.45, 7) is 3.95. The second-order valence-corrected chi connectivity index (χ2v) is 4.71. The smallest absolute Gasteiger partial charge is 0.230 e. The molecule has 19 heavy (non-hydrogen) atoms. The van der Waals surface area contributed by atoms with Gasteiger partial charge in [0.2, 0.25) is 11.8 Å². The van der Waals surface area contributed by atoms with Crippen LogP contribution in [0.3, 0.4) is 0 Å². The number of hydrogen-bond donors (Lipinski definition) is 1. The predicted molar refractivity (Wildman–Crippen MR) is 75.4 cm³/mol. The number of carbonyl (C=O) groups excluding carboxylic acids is 2. The Kier molecular flexibility index (Phi) is 6.22. The van der Waals surface area contributed by atoms with Crippen molar-refractivity contribution in [2.45, 2.75) is 39.2 Å². The van der Waals surface area contributed by atoms with Crippen LogP contribution in [0, 0.1) is 0 Å². The van der Waals surface area contributed by atoms with Gasteiger partial charge >= 0.3 is 0 Å². The Labute approximate surface area is 114 Å². The average Bonchev–Trinajstić information content (AvgIpc) is 2.39. The van der Waals surface area contributed by atoms with Gasteiger partial charge < -0.3 is 5.73 Å². The van der Waals surface area contributed by atoms with Crippen LogP contribution in [0.2, 0.25) is 0 Å². The summed E-state index contributed by atoms with van der Waals surface area (Å²) < 4.78 is 0. The predicted octanol–water partition coefficient (Wildman–Crippen LogP) is 1.73. The first-order valence-electron chi connectivity index (χ1n) is 6.67. The Morgan fingerprint density at radius 1 is 1.21 bits per heavy atom. The van der Waals surface area contributed by atoms with Crippen LogP contribution < -0.4 is 5.73 Å². The van der Waals surface area contributed by atoms with E-state index in [1.165, 1.54) is 4.90 Å². The summed E-state index contributed by atoms with van der Waals surface area (Å²) in [5.74, 6) is -0.320. The maximum atomic E-state index is 12.0. The largest absolute Gasteiger partial charge is 0.327 e. The Hall–Kier alpha value is -1.68. The molecule has 1 aromatic carbocycles. The van der Waals surface area contributed by atoms with E-state index in [2.05, 4.69) is 0 Å². The fourth-order valence-electron chi connectivity index (χ4n) is 1.85. The summed E-state index contributed by atoms with van der Waals surface area (Å²) >= 11 is 0. The minimum Gasteiger partial charge on any atom is -0.327 e. The van der Waals surface area contributed by atoms with Gasteiger partial charge in [-0.25, -0.2) is 0 Å². The fourth-order valence-corrected chi connectivity index (χ4v) is 1.85. The number of amides is 2. The summed E-state index contributed by atoms with van der Waals surface area (Å²) in [6.07, 6.45) is 1.22. The number of nitrogens with zero attached hydrogens (tertiary/aromatic N) is 1. The molecule has 0 saturated carbocycles. The molecule has 0 aliphatic heterocycles. The summed E-state index contributed by atoms with van der Waals surface area (Å²) in [4.78, 5) is 25.2. The van der Waals surface area contributed by atoms with Crippen LogP contribution in [-0.2, 0) is 16.0 Å². The molecule has 0 aliphatic rings. The first-order valence-corrected chi connectivity index (χ1v) is 6.67. The van der Waals surface area contributed by atoms with E-state index < -0.39 is 0 Å². The zero-order valence-corrected chi connectivity index (χ0v) is 11.6. The van der Waals surface area contributed by atoms with Crippen LogP contribution >= 0.6 is 0 Å². The van der Waals surface area contributed by atoms with Gasteiger partial charge in [-0.2, -0.15) is 0 Å². The molecule has 4 nitrogen and oxygen atoms in total. The molecule has 1 aromatic rings. The highest BCUT2D eigenvalue weighted by molar-refractivity contribution is 5.95. The lowest BCUT2D eigenvalue weighted by Crippen LogP contribution is -2.40. The van der Waals surface area contributed by atoms with Crippen molar-refractivity contribution in [3.63, 3.8) is 0 Å². The standard InChI is InChI=1S/C15H22N2O2/c1-3-14(18)17(15(19)11-12(2)16)10-9-13-7-5-4-6-8-13/h4-8,12H,3,9-11,16H2,1-2H3/t12-/m1/s1. The molecule has 0 fully saturated rings. The van der Waals surface area contributed by atoms with Crippen molar-refractivity contribution in [3.05, 3.63) is 35.9 Å². The fraction of sp³-hybridized carbons (Fsp3) is 0.467. The van der Waals surface area contributed by atoms with Crippen LogP contribution in [0.4, 0.5) is 0 Å². The summed E-state index contributed by atoms with van der Waals surface area (Å²) in [5.41, 5.74) is 6.74. The molecule has 0 radical (unpaired) electrons. The number of imide groups is 1. The van der Waals surface area contributed by atoms with E-state index in [4.69, 9.17) is 5.73 Å². The highest BCUT2D eigenvalue weighted by Crippen LogP contribution is 2.05. The van der Waals surface area contributed by atoms with Gasteiger partial charge in [-0.3, -0.25) is 14.5 Å². The quantitative estimate of drug-likeness (QED) is 0.849. The molecular weight excluding hydrogens is 240 g/mol. The minimum absolute atomic E-state index is 0.137. The van der Waals surface area contributed by atoms with Crippen molar-refractivity contribution >= 4 is 11.8 Å². The first kappa shape index (κ1) is 15.4. The Bertz CT molecular complexity index is 415. The molecule has 2 amide bonds. The van der Waals surface area contributed by atoms with Crippen molar-refractivity contribution in [1.82, 2.24) is 4.90 Å². The molecule has 0 aliphatic carbocycles. The monoisotopic (exact) mass is 262 g/mol. The van der Waals surface area contributed by atoms with E-state index in [-0.39, 0.29) is 24.3 Å². The van der Waals surface area contributed by atoms with Crippen molar-refractivity contribution in [3.8, 4) is 0 Å². The molecule has 2 N–H and O–H groups in total. The molecule has 1 rings (SSSR count). The Morgan fingerprint density at radius 2 is 1.84 bits per heavy atom. The second kappa shape index (κ2) is 7.69. The van der Waals surface area contributed by atoms with Crippen LogP contribution in [0.1, 0.15) is 32.3 Å². The third kappa shape index (κ3) is 5.22. The van der Waals surface area contributed by atoms with Crippen LogP contribution in [0.25, 0.3) is 0 Å². The number of rotatable bonds is 6. The van der Waals surface area contributed by atoms with Gasteiger partial charge in [0.25, 0.3) is 0 Å². The molecule has 0 unspecified atom stereocenters. The van der Waals surface area contributed by atoms with Gasteiger partial charge in [-0.1, -0.05) is 37.3 Å². The second-order valence-electron chi connectivity index (χ2n) is 4.71. The molecule has 1 atom stereocenters. The van der Waals surface area contributed by atoms with Gasteiger partial charge in [0, 0.05) is 25.4 Å². The summed E-state index contributed by atoms with van der Waals surface area (Å²) in [6, 6.07) is 9.60. The average molecular weight is 262 g/mol. The summed E-state index contributed by atoms with van der Waals surface area (Å²) in [7, 11) is 0. The van der Waals surface area contributed by atoms with Gasteiger partial charge in [0.05, 0.1) is 0 Å². The van der Waals surface area contributed by atoms with Crippen LogP contribution in [0.5, 0.6) is 0 Å². The molecule has 0 saturated heterocycles. The summed E-state index contributed by atoms with van der Waals surface area (Å²) in [5, 5.41) is 0. The maximum absolute atomic E-state index is 12.0. The topological polar surface area (TPSA) is 63.4 Å². The lowest BCUT2D eigenvalue weighted by Gasteiger charge is -2.21. The minimum atomic E-state index is -0.226. The third-order valence-electron chi connectivity index (χ3n) is 2.87. The maximum Gasteiger partial charge on any atom is 0.230 e. The van der Waals surface area contributed by atoms with Crippen molar-refractivity contribution in [2.75, 3.05) is 6.54 Å². The Morgan fingerprint density at radius 3 is 2.37 bits per heavy atom. The van der Waals surface area contributed by atoms with E-state index in [9.17, 15) is 9.59 Å². The third-order valence-corrected chi connectivity index (χ3v) is 2.87. The molecule has 0 spiro atoms. The normalized spacial score (nSPS) is 11.9. The van der Waals surface area contributed by atoms with Crippen LogP contribution in [0.15, 0.2) is 30.3 Å². The number of carbonyl (C=O) groups is 2. The lowest BCUT2D eigenvalue weighted by atomic mass is 10.1. The van der Waals surface area contributed by atoms with E-state index in [0.717, 1.165) is 5.56 Å². The van der Waals surface area contributed by atoms with Gasteiger partial charge in [0.15, 0.2) is 0 Å². The number of hydrogen-bond acceptors (Lipinski definition) is 3. The SMILES string of the molecule is CCC(=O)N(CCc1ccccc1)C(=O)C[C@@H](C)N. The highest BCUT2D eigenvalue weighted by atomic mass is 16.2. The van der Waals surface area contributed by atoms with Crippen LogP contribution in [-0.4, -0.2) is 29.3 Å². The van der Waals surface area contributed by atoms with E-state index in [0.29, 0.717) is 19.4 Å². The Balaban J connectivity index is 2.65. The van der Waals surface area contributed by atoms with E-state index in [1.807, 2.05) is 30.3 Å². The number of nitrogens with two attached hydrogens (primary N) is 1. The van der Waals surface area contributed by atoms with Gasteiger partial charge in [-0.15, -0.1) is 0 Å². The number of benzene rings is 1. The molecule has 4 heteroatoms. The molecule has 0 bridgehead atoms. The lowest BCUT2D eigenvalue weighted by molar-refractivity contribution is -0.144. The molecule has 104 valence electrons. The van der Waals surface area contributed by atoms with Gasteiger partial charge in [-0.05, 0) is 18.9 Å². The van der Waals surface area contributed by atoms with Crippen molar-refractivity contribution in [1.29, 1.82) is 0 Å². The zero-order chi connectivity index (χ0) is 14.3. The van der Waals surface area contributed by atoms with Crippen molar-refractivity contribution in [2.24, 2.45) is 5.73 Å². The van der Waals surface area contributed by atoms with E-state index >= 15 is 0 Å². The highest BCUT2D eigenvalue weighted by Gasteiger charge is 2.20. The molecular formula is C15H22N2O2.